The second kappa shape index (κ2) is 8.62. The van der Waals surface area contributed by atoms with E-state index in [1.165, 1.54) is 12.0 Å². The lowest BCUT2D eigenvalue weighted by Gasteiger charge is -2.34. The van der Waals surface area contributed by atoms with E-state index in [1.54, 1.807) is 27.7 Å². The second-order valence-electron chi connectivity index (χ2n) is 7.77. The Balaban J connectivity index is 2.22. The molecule has 1 aliphatic heterocycles. The summed E-state index contributed by atoms with van der Waals surface area (Å²) in [5.41, 5.74) is -0.772. The number of amides is 2. The van der Waals surface area contributed by atoms with Crippen LogP contribution in [0.15, 0.2) is 12.2 Å². The molecular formula is C19H28N2O7. The van der Waals surface area contributed by atoms with Crippen molar-refractivity contribution < 1.29 is 33.4 Å². The highest BCUT2D eigenvalue weighted by Crippen LogP contribution is 2.38. The van der Waals surface area contributed by atoms with E-state index in [2.05, 4.69) is 10.1 Å². The number of esters is 2. The smallest absolute Gasteiger partial charge is 0.408 e. The number of ether oxygens (including phenoxy) is 3. The molecule has 1 N–H and O–H groups in total. The zero-order chi connectivity index (χ0) is 21.1. The number of hydrogen-bond donors (Lipinski definition) is 1. The van der Waals surface area contributed by atoms with Crippen LogP contribution >= 0.6 is 0 Å². The van der Waals surface area contributed by atoms with Gasteiger partial charge in [0.2, 0.25) is 5.91 Å². The summed E-state index contributed by atoms with van der Waals surface area (Å²) >= 11 is 0. The maximum atomic E-state index is 13.2. The average molecular weight is 396 g/mol. The SMILES string of the molecule is CCOC(=O)[C@@H]1[C@H]2C=C[C@H](C2)N1C(=O)[C@H](CC(=O)OC)NC(=O)OC(C)(C)C. The number of hydrogen-bond acceptors (Lipinski definition) is 7. The van der Waals surface area contributed by atoms with Crippen molar-refractivity contribution in [3.8, 4) is 0 Å². The molecule has 0 saturated carbocycles. The predicted octanol–water partition coefficient (Wildman–Crippen LogP) is 1.16. The molecule has 9 heteroatoms. The van der Waals surface area contributed by atoms with Crippen molar-refractivity contribution in [1.29, 1.82) is 0 Å². The molecule has 0 aromatic heterocycles. The van der Waals surface area contributed by atoms with Crippen LogP contribution in [0.25, 0.3) is 0 Å². The first-order chi connectivity index (χ1) is 13.1. The molecule has 0 aromatic rings. The Bertz CT molecular complexity index is 668. The Kier molecular flexibility index (Phi) is 6.69. The highest BCUT2D eigenvalue weighted by Gasteiger charge is 2.51. The topological polar surface area (TPSA) is 111 Å². The van der Waals surface area contributed by atoms with E-state index in [4.69, 9.17) is 9.47 Å². The third kappa shape index (κ3) is 5.02. The van der Waals surface area contributed by atoms with Crippen molar-refractivity contribution in [3.05, 3.63) is 12.2 Å². The summed E-state index contributed by atoms with van der Waals surface area (Å²) in [5, 5.41) is 2.44. The van der Waals surface area contributed by atoms with Crippen LogP contribution in [0, 0.1) is 5.92 Å². The zero-order valence-corrected chi connectivity index (χ0v) is 16.9. The van der Waals surface area contributed by atoms with Crippen LogP contribution in [-0.4, -0.2) is 66.3 Å². The van der Waals surface area contributed by atoms with Crippen LogP contribution in [-0.2, 0) is 28.6 Å². The largest absolute Gasteiger partial charge is 0.469 e. The van der Waals surface area contributed by atoms with E-state index in [0.717, 1.165) is 0 Å². The molecule has 0 spiro atoms. The molecule has 4 atom stereocenters. The number of rotatable bonds is 6. The molecule has 0 unspecified atom stereocenters. The fourth-order valence-corrected chi connectivity index (χ4v) is 3.46. The Morgan fingerprint density at radius 2 is 1.89 bits per heavy atom. The van der Waals surface area contributed by atoms with Gasteiger partial charge in [-0.25, -0.2) is 9.59 Å². The van der Waals surface area contributed by atoms with Crippen LogP contribution < -0.4 is 5.32 Å². The third-order valence-electron chi connectivity index (χ3n) is 4.53. The lowest BCUT2D eigenvalue weighted by Crippen LogP contribution is -2.56. The van der Waals surface area contributed by atoms with Gasteiger partial charge < -0.3 is 24.4 Å². The maximum Gasteiger partial charge on any atom is 0.408 e. The molecule has 2 bridgehead atoms. The van der Waals surface area contributed by atoms with Gasteiger partial charge in [0, 0.05) is 5.92 Å². The number of nitrogens with one attached hydrogen (secondary N) is 1. The summed E-state index contributed by atoms with van der Waals surface area (Å²) in [5.74, 6) is -1.86. The van der Waals surface area contributed by atoms with Gasteiger partial charge in [-0.15, -0.1) is 0 Å². The Hall–Kier alpha value is -2.58. The standard InChI is InChI=1S/C19H28N2O7/c1-6-27-17(24)15-11-7-8-12(9-11)21(15)16(23)13(10-14(22)26-5)20-18(25)28-19(2,3)4/h7-8,11-13,15H,6,9-10H2,1-5H3,(H,20,25)/t11-,12+,13-,15-/m0/s1. The van der Waals surface area contributed by atoms with Crippen molar-refractivity contribution in [2.24, 2.45) is 5.92 Å². The monoisotopic (exact) mass is 396 g/mol. The number of fused-ring (bicyclic) bond motifs is 2. The van der Waals surface area contributed by atoms with Crippen LogP contribution in [0.2, 0.25) is 0 Å². The first-order valence-corrected chi connectivity index (χ1v) is 9.30. The highest BCUT2D eigenvalue weighted by molar-refractivity contribution is 5.93. The number of nitrogens with zero attached hydrogens (tertiary/aromatic N) is 1. The number of alkyl carbamates (subject to hydrolysis) is 1. The molecule has 1 fully saturated rings. The molecule has 9 nitrogen and oxygen atoms in total. The molecular weight excluding hydrogens is 368 g/mol. The molecule has 1 saturated heterocycles. The lowest BCUT2D eigenvalue weighted by atomic mass is 10.0. The maximum absolute atomic E-state index is 13.2. The summed E-state index contributed by atoms with van der Waals surface area (Å²) in [6, 6.07) is -2.28. The van der Waals surface area contributed by atoms with Crippen LogP contribution in [0.1, 0.15) is 40.5 Å². The minimum Gasteiger partial charge on any atom is -0.469 e. The van der Waals surface area contributed by atoms with Gasteiger partial charge in [-0.3, -0.25) is 9.59 Å². The molecule has 0 radical (unpaired) electrons. The summed E-state index contributed by atoms with van der Waals surface area (Å²) in [7, 11) is 1.19. The second-order valence-corrected chi connectivity index (χ2v) is 7.77. The zero-order valence-electron chi connectivity index (χ0n) is 16.9. The van der Waals surface area contributed by atoms with Gasteiger partial charge in [-0.2, -0.15) is 0 Å². The number of likely N-dealkylation sites (tertiary alicyclic amines) is 1. The van der Waals surface area contributed by atoms with E-state index in [9.17, 15) is 19.2 Å². The van der Waals surface area contributed by atoms with E-state index >= 15 is 0 Å². The summed E-state index contributed by atoms with van der Waals surface area (Å²) in [6.07, 6.45) is 3.14. The minimum absolute atomic E-state index is 0.145. The summed E-state index contributed by atoms with van der Waals surface area (Å²) in [4.78, 5) is 51.0. The predicted molar refractivity (Wildman–Crippen MR) is 98.1 cm³/mol. The molecule has 2 rings (SSSR count). The van der Waals surface area contributed by atoms with Crippen molar-refractivity contribution in [1.82, 2.24) is 10.2 Å². The number of carbonyl (C=O) groups excluding carboxylic acids is 4. The van der Waals surface area contributed by atoms with Gasteiger partial charge in [-0.1, -0.05) is 12.2 Å². The van der Waals surface area contributed by atoms with Crippen molar-refractivity contribution >= 4 is 23.9 Å². The molecule has 2 amide bonds. The van der Waals surface area contributed by atoms with Gasteiger partial charge in [0.05, 0.1) is 26.2 Å². The summed E-state index contributed by atoms with van der Waals surface area (Å²) < 4.78 is 15.0. The molecule has 1 aliphatic carbocycles. The third-order valence-corrected chi connectivity index (χ3v) is 4.53. The van der Waals surface area contributed by atoms with E-state index in [-0.39, 0.29) is 25.0 Å². The van der Waals surface area contributed by atoms with Gasteiger partial charge in [0.15, 0.2) is 0 Å². The van der Waals surface area contributed by atoms with Gasteiger partial charge in [0.1, 0.15) is 17.7 Å². The fraction of sp³-hybridized carbons (Fsp3) is 0.684. The Labute approximate surface area is 164 Å². The first-order valence-electron chi connectivity index (χ1n) is 9.30. The minimum atomic E-state index is -1.22. The Morgan fingerprint density at radius 1 is 1.21 bits per heavy atom. The molecule has 156 valence electrons. The van der Waals surface area contributed by atoms with Crippen LogP contribution in [0.3, 0.4) is 0 Å². The average Bonchev–Trinajstić information content (AvgIpc) is 3.20. The van der Waals surface area contributed by atoms with Gasteiger partial charge in [-0.05, 0) is 34.1 Å². The van der Waals surface area contributed by atoms with Gasteiger partial charge >= 0.3 is 18.0 Å². The van der Waals surface area contributed by atoms with Crippen LogP contribution in [0.4, 0.5) is 4.79 Å². The van der Waals surface area contributed by atoms with Crippen molar-refractivity contribution in [2.45, 2.75) is 64.3 Å². The fourth-order valence-electron chi connectivity index (χ4n) is 3.46. The Morgan fingerprint density at radius 3 is 2.46 bits per heavy atom. The van der Waals surface area contributed by atoms with Crippen molar-refractivity contribution in [2.75, 3.05) is 13.7 Å². The summed E-state index contributed by atoms with van der Waals surface area (Å²) in [6.45, 7) is 6.94. The molecule has 28 heavy (non-hydrogen) atoms. The first kappa shape index (κ1) is 21.7. The quantitative estimate of drug-likeness (QED) is 0.407. The normalized spacial score (nSPS) is 23.9. The van der Waals surface area contributed by atoms with Crippen molar-refractivity contribution in [3.63, 3.8) is 0 Å². The molecule has 2 aliphatic rings. The number of methoxy groups -OCH3 is 1. The van der Waals surface area contributed by atoms with E-state index in [1.807, 2.05) is 12.2 Å². The van der Waals surface area contributed by atoms with E-state index < -0.39 is 41.6 Å². The van der Waals surface area contributed by atoms with E-state index in [0.29, 0.717) is 6.42 Å². The molecule has 0 aromatic carbocycles. The lowest BCUT2D eigenvalue weighted by molar-refractivity contribution is -0.156. The van der Waals surface area contributed by atoms with Gasteiger partial charge in [0.25, 0.3) is 0 Å². The number of carbonyl (C=O) groups is 4. The van der Waals surface area contributed by atoms with Crippen LogP contribution in [0.5, 0.6) is 0 Å². The molecule has 1 heterocycles. The highest BCUT2D eigenvalue weighted by atomic mass is 16.6.